The smallest absolute Gasteiger partial charge is 0.240 e. The first-order valence-electron chi connectivity index (χ1n) is 8.99. The third-order valence-corrected chi connectivity index (χ3v) is 8.95. The van der Waals surface area contributed by atoms with Gasteiger partial charge in [-0.15, -0.1) is 11.3 Å². The average Bonchev–Trinajstić information content (AvgIpc) is 3.23. The van der Waals surface area contributed by atoms with E-state index in [1.807, 2.05) is 6.92 Å². The highest BCUT2D eigenvalue weighted by molar-refractivity contribution is 7.92. The fraction of sp³-hybridized carbons (Fsp3) is 0.200. The van der Waals surface area contributed by atoms with Crippen molar-refractivity contribution in [2.75, 3.05) is 13.2 Å². The average molecular weight is 470 g/mol. The first-order valence-corrected chi connectivity index (χ1v) is 12.9. The van der Waals surface area contributed by atoms with Gasteiger partial charge in [0.2, 0.25) is 10.0 Å². The van der Waals surface area contributed by atoms with E-state index in [0.717, 1.165) is 12.1 Å². The van der Waals surface area contributed by atoms with Crippen LogP contribution in [0, 0.1) is 5.82 Å². The Balaban J connectivity index is 1.86. The maximum absolute atomic E-state index is 13.2. The topological polar surface area (TPSA) is 89.5 Å². The molecule has 0 aliphatic rings. The molecule has 0 fully saturated rings. The van der Waals surface area contributed by atoms with Crippen molar-refractivity contribution in [3.05, 3.63) is 76.7 Å². The molecule has 0 radical (unpaired) electrons. The minimum Gasteiger partial charge on any atom is -0.494 e. The maximum atomic E-state index is 13.2. The molecule has 0 spiro atoms. The Hall–Kier alpha value is -2.27. The van der Waals surface area contributed by atoms with E-state index in [-0.39, 0.29) is 16.3 Å². The van der Waals surface area contributed by atoms with E-state index in [4.69, 9.17) is 4.74 Å². The van der Waals surface area contributed by atoms with Crippen molar-refractivity contribution in [1.82, 2.24) is 4.72 Å². The van der Waals surface area contributed by atoms with Crippen LogP contribution in [0.2, 0.25) is 0 Å². The molecule has 6 nitrogen and oxygen atoms in total. The maximum Gasteiger partial charge on any atom is 0.240 e. The van der Waals surface area contributed by atoms with Crippen molar-refractivity contribution in [1.29, 1.82) is 0 Å². The summed E-state index contributed by atoms with van der Waals surface area (Å²) in [5.41, 5.74) is 0. The lowest BCUT2D eigenvalue weighted by Crippen LogP contribution is -2.31. The molecule has 0 aliphatic heterocycles. The Labute approximate surface area is 179 Å². The molecule has 0 saturated heterocycles. The highest BCUT2D eigenvalue weighted by Crippen LogP contribution is 2.32. The summed E-state index contributed by atoms with van der Waals surface area (Å²) in [5.74, 6) is -0.0235. The largest absolute Gasteiger partial charge is 0.494 e. The lowest BCUT2D eigenvalue weighted by molar-refractivity contribution is 0.340. The third-order valence-electron chi connectivity index (χ3n) is 4.28. The summed E-state index contributed by atoms with van der Waals surface area (Å²) in [6.45, 7) is 1.91. The van der Waals surface area contributed by atoms with Crippen LogP contribution in [0.15, 0.2) is 75.8 Å². The number of thiophene rings is 1. The molecular formula is C20H20FNO5S3. The summed E-state index contributed by atoms with van der Waals surface area (Å²) in [5, 5.41) is 0.559. The molecule has 160 valence electrons. The number of benzene rings is 2. The summed E-state index contributed by atoms with van der Waals surface area (Å²) in [7, 11) is -7.92. The zero-order valence-corrected chi connectivity index (χ0v) is 18.4. The minimum atomic E-state index is -3.96. The highest BCUT2D eigenvalue weighted by atomic mass is 32.2. The second-order valence-corrected chi connectivity index (χ2v) is 11.1. The number of ether oxygens (including phenoxy) is 1. The zero-order valence-electron chi connectivity index (χ0n) is 16.0. The Bertz CT molecular complexity index is 1170. The fourth-order valence-corrected chi connectivity index (χ4v) is 6.71. The van der Waals surface area contributed by atoms with Gasteiger partial charge in [0.25, 0.3) is 0 Å². The monoisotopic (exact) mass is 469 g/mol. The Kier molecular flexibility index (Phi) is 6.91. The molecule has 0 bridgehead atoms. The van der Waals surface area contributed by atoms with Gasteiger partial charge in [0.1, 0.15) is 16.8 Å². The number of sulfone groups is 1. The Morgan fingerprint density at radius 2 is 1.60 bits per heavy atom. The first-order chi connectivity index (χ1) is 14.2. The predicted octanol–water partition coefficient (Wildman–Crippen LogP) is 3.78. The fourth-order valence-electron chi connectivity index (χ4n) is 2.78. The number of nitrogens with one attached hydrogen (secondary N) is 1. The molecule has 30 heavy (non-hydrogen) atoms. The number of rotatable bonds is 9. The Morgan fingerprint density at radius 3 is 2.17 bits per heavy atom. The molecule has 0 aliphatic carbocycles. The van der Waals surface area contributed by atoms with Crippen LogP contribution in [0.25, 0.3) is 0 Å². The van der Waals surface area contributed by atoms with Crippen molar-refractivity contribution in [2.24, 2.45) is 0 Å². The molecule has 1 atom stereocenters. The van der Waals surface area contributed by atoms with Gasteiger partial charge in [0, 0.05) is 11.4 Å². The van der Waals surface area contributed by atoms with Crippen molar-refractivity contribution < 1.29 is 26.0 Å². The number of halogens is 1. The summed E-state index contributed by atoms with van der Waals surface area (Å²) in [6.07, 6.45) is 0. The van der Waals surface area contributed by atoms with E-state index < -0.39 is 30.9 Å². The number of hydrogen-bond acceptors (Lipinski definition) is 6. The van der Waals surface area contributed by atoms with Gasteiger partial charge >= 0.3 is 0 Å². The second-order valence-electron chi connectivity index (χ2n) is 6.26. The Morgan fingerprint density at radius 1 is 0.967 bits per heavy atom. The normalized spacial score (nSPS) is 13.1. The minimum absolute atomic E-state index is 0.00457. The lowest BCUT2D eigenvalue weighted by atomic mass is 10.3. The molecule has 3 aromatic rings. The second kappa shape index (κ2) is 9.25. The van der Waals surface area contributed by atoms with E-state index in [0.29, 0.717) is 17.2 Å². The molecular weight excluding hydrogens is 449 g/mol. The molecule has 0 unspecified atom stereocenters. The zero-order chi connectivity index (χ0) is 21.8. The van der Waals surface area contributed by atoms with Gasteiger partial charge < -0.3 is 4.74 Å². The van der Waals surface area contributed by atoms with Crippen molar-refractivity contribution in [3.8, 4) is 5.75 Å². The molecule has 2 aromatic carbocycles. The summed E-state index contributed by atoms with van der Waals surface area (Å²) in [4.78, 5) is 0.395. The van der Waals surface area contributed by atoms with Crippen LogP contribution in [-0.2, 0) is 19.9 Å². The number of sulfonamides is 1. The SMILES string of the molecule is CCOc1ccc(S(=O)(=O)NC[C@H](c2cccs2)S(=O)(=O)c2ccc(F)cc2)cc1. The van der Waals surface area contributed by atoms with Crippen LogP contribution in [-0.4, -0.2) is 30.0 Å². The molecule has 1 N–H and O–H groups in total. The van der Waals surface area contributed by atoms with Gasteiger partial charge in [-0.3, -0.25) is 0 Å². The van der Waals surface area contributed by atoms with Crippen LogP contribution in [0.5, 0.6) is 5.75 Å². The quantitative estimate of drug-likeness (QED) is 0.482. The molecule has 0 saturated carbocycles. The molecule has 3 rings (SSSR count). The van der Waals surface area contributed by atoms with Crippen LogP contribution in [0.1, 0.15) is 17.1 Å². The van der Waals surface area contributed by atoms with E-state index in [1.54, 1.807) is 17.5 Å². The van der Waals surface area contributed by atoms with Crippen LogP contribution in [0.3, 0.4) is 0 Å². The van der Waals surface area contributed by atoms with Gasteiger partial charge in [-0.25, -0.2) is 25.9 Å². The van der Waals surface area contributed by atoms with Crippen molar-refractivity contribution >= 4 is 31.2 Å². The van der Waals surface area contributed by atoms with Crippen LogP contribution < -0.4 is 9.46 Å². The van der Waals surface area contributed by atoms with Crippen molar-refractivity contribution in [2.45, 2.75) is 22.0 Å². The predicted molar refractivity (Wildman–Crippen MR) is 113 cm³/mol. The van der Waals surface area contributed by atoms with E-state index in [9.17, 15) is 21.2 Å². The van der Waals surface area contributed by atoms with Gasteiger partial charge in [0.05, 0.1) is 16.4 Å². The molecule has 0 amide bonds. The summed E-state index contributed by atoms with van der Waals surface area (Å²) < 4.78 is 72.6. The first kappa shape index (κ1) is 22.4. The molecule has 1 aromatic heterocycles. The standard InChI is InChI=1S/C20H20FNO5S3/c1-2-27-16-7-11-18(12-8-16)30(25,26)22-14-20(19-4-3-13-28-19)29(23,24)17-9-5-15(21)6-10-17/h3-13,20,22H,2,14H2,1H3/t20-/m1/s1. The van der Waals surface area contributed by atoms with Gasteiger partial charge in [0.15, 0.2) is 9.84 Å². The third kappa shape index (κ3) is 5.07. The van der Waals surface area contributed by atoms with E-state index >= 15 is 0 Å². The lowest BCUT2D eigenvalue weighted by Gasteiger charge is -2.18. The highest BCUT2D eigenvalue weighted by Gasteiger charge is 2.31. The molecule has 1 heterocycles. The van der Waals surface area contributed by atoms with Crippen molar-refractivity contribution in [3.63, 3.8) is 0 Å². The van der Waals surface area contributed by atoms with Gasteiger partial charge in [-0.1, -0.05) is 6.07 Å². The van der Waals surface area contributed by atoms with Crippen LogP contribution >= 0.6 is 11.3 Å². The number of hydrogen-bond donors (Lipinski definition) is 1. The van der Waals surface area contributed by atoms with E-state index in [1.165, 1.54) is 47.7 Å². The van der Waals surface area contributed by atoms with Gasteiger partial charge in [-0.2, -0.15) is 0 Å². The summed E-state index contributed by atoms with van der Waals surface area (Å²) >= 11 is 1.20. The van der Waals surface area contributed by atoms with E-state index in [2.05, 4.69) is 4.72 Å². The van der Waals surface area contributed by atoms with Crippen LogP contribution in [0.4, 0.5) is 4.39 Å². The summed E-state index contributed by atoms with van der Waals surface area (Å²) in [6, 6.07) is 13.6. The van der Waals surface area contributed by atoms with Gasteiger partial charge in [-0.05, 0) is 66.9 Å². The molecule has 10 heteroatoms.